The van der Waals surface area contributed by atoms with Gasteiger partial charge in [0.15, 0.2) is 0 Å². The summed E-state index contributed by atoms with van der Waals surface area (Å²) in [5.74, 6) is 0. The Kier molecular flexibility index (Phi) is 8.76. The Balaban J connectivity index is 1.06. The van der Waals surface area contributed by atoms with Gasteiger partial charge in [-0.25, -0.2) is 0 Å². The van der Waals surface area contributed by atoms with Crippen molar-refractivity contribution in [2.24, 2.45) is 0 Å². The van der Waals surface area contributed by atoms with E-state index in [9.17, 15) is 0 Å². The van der Waals surface area contributed by atoms with Crippen molar-refractivity contribution in [3.05, 3.63) is 277 Å². The molecule has 0 amide bonds. The van der Waals surface area contributed by atoms with E-state index in [0.717, 1.165) is 33.9 Å². The van der Waals surface area contributed by atoms with E-state index in [1.54, 1.807) is 0 Å². The Labute approximate surface area is 368 Å². The van der Waals surface area contributed by atoms with Crippen molar-refractivity contribution in [3.8, 4) is 39.1 Å². The van der Waals surface area contributed by atoms with Crippen LogP contribution in [0.15, 0.2) is 255 Å². The van der Waals surface area contributed by atoms with Crippen LogP contribution in [0.2, 0.25) is 0 Å². The maximum atomic E-state index is 2.48. The number of aromatic nitrogens is 1. The summed E-state index contributed by atoms with van der Waals surface area (Å²) in [5, 5.41) is 2.46. The molecule has 0 radical (unpaired) electrons. The van der Waals surface area contributed by atoms with Crippen molar-refractivity contribution in [1.29, 1.82) is 0 Å². The van der Waals surface area contributed by atoms with Crippen LogP contribution in [0.1, 0.15) is 22.3 Å². The van der Waals surface area contributed by atoms with E-state index in [0.29, 0.717) is 0 Å². The van der Waals surface area contributed by atoms with E-state index < -0.39 is 5.41 Å². The van der Waals surface area contributed by atoms with E-state index in [-0.39, 0.29) is 0 Å². The normalized spacial score (nSPS) is 12.6. The van der Waals surface area contributed by atoms with E-state index in [2.05, 4.69) is 264 Å². The largest absolute Gasteiger partial charge is 0.310 e. The van der Waals surface area contributed by atoms with Gasteiger partial charge in [0.05, 0.1) is 22.1 Å². The lowest BCUT2D eigenvalue weighted by atomic mass is 9.68. The molecule has 11 aromatic rings. The predicted molar refractivity (Wildman–Crippen MR) is 264 cm³/mol. The molecule has 1 aliphatic rings. The fourth-order valence-electron chi connectivity index (χ4n) is 10.4. The van der Waals surface area contributed by atoms with E-state index in [1.807, 2.05) is 0 Å². The molecule has 1 heterocycles. The average molecular weight is 803 g/mol. The molecule has 0 aliphatic heterocycles. The second-order valence-electron chi connectivity index (χ2n) is 16.4. The molecular formula is C61H42N2. The minimum absolute atomic E-state index is 0.448. The first-order chi connectivity index (χ1) is 31.3. The van der Waals surface area contributed by atoms with Crippen LogP contribution >= 0.6 is 0 Å². The third kappa shape index (κ3) is 5.87. The molecule has 12 rings (SSSR count). The Morgan fingerprint density at radius 1 is 0.317 bits per heavy atom. The Morgan fingerprint density at radius 3 is 1.65 bits per heavy atom. The molecule has 63 heavy (non-hydrogen) atoms. The lowest BCUT2D eigenvalue weighted by Crippen LogP contribution is -2.28. The molecule has 0 saturated heterocycles. The van der Waals surface area contributed by atoms with E-state index in [4.69, 9.17) is 0 Å². The lowest BCUT2D eigenvalue weighted by Gasteiger charge is -2.33. The maximum Gasteiger partial charge on any atom is 0.0713 e. The number of rotatable bonds is 8. The minimum Gasteiger partial charge on any atom is -0.310 e. The van der Waals surface area contributed by atoms with Gasteiger partial charge in [0.25, 0.3) is 0 Å². The molecule has 0 atom stereocenters. The van der Waals surface area contributed by atoms with Crippen molar-refractivity contribution >= 4 is 38.9 Å². The number of hydrogen-bond donors (Lipinski definition) is 0. The fraction of sp³-hybridized carbons (Fsp3) is 0.0164. The first-order valence-corrected chi connectivity index (χ1v) is 21.8. The van der Waals surface area contributed by atoms with Crippen LogP contribution < -0.4 is 4.90 Å². The van der Waals surface area contributed by atoms with Gasteiger partial charge in [-0.05, 0) is 105 Å². The lowest BCUT2D eigenvalue weighted by molar-refractivity contribution is 0.768. The standard InChI is InChI=1S/C61H42N2/c1-5-20-43(21-6-1)44-22-19-29-49(40-44)62(48-27-11-4-12-28-48)58-34-17-14-30-51(58)45-36-38-54-53-32-15-18-35-59(53)63(60(54)41-45)50-37-39-57-55(42-50)52-31-13-16-33-56(52)61(57,46-23-7-2-8-24-46)47-25-9-3-10-26-47/h1-42H. The second kappa shape index (κ2) is 15.1. The molecule has 0 N–H and O–H groups in total. The SMILES string of the molecule is c1ccc(-c2cccc(N(c3ccccc3)c3ccccc3-c3ccc4c5ccccc5n(-c5ccc6c(c5)-c5ccccc5C6(c5ccccc5)c5ccccc5)c4c3)c2)cc1. The number of para-hydroxylation sites is 3. The molecule has 2 nitrogen and oxygen atoms in total. The molecule has 0 spiro atoms. The van der Waals surface area contributed by atoms with Crippen molar-refractivity contribution in [2.75, 3.05) is 4.90 Å². The number of anilines is 3. The van der Waals surface area contributed by atoms with Gasteiger partial charge in [-0.1, -0.05) is 200 Å². The topological polar surface area (TPSA) is 8.17 Å². The smallest absolute Gasteiger partial charge is 0.0713 e. The highest BCUT2D eigenvalue weighted by molar-refractivity contribution is 6.11. The number of benzene rings is 10. The van der Waals surface area contributed by atoms with Gasteiger partial charge in [-0.3, -0.25) is 0 Å². The Morgan fingerprint density at radius 2 is 0.889 bits per heavy atom. The zero-order chi connectivity index (χ0) is 41.7. The van der Waals surface area contributed by atoms with Crippen LogP contribution in [-0.2, 0) is 5.41 Å². The quantitative estimate of drug-likeness (QED) is 0.149. The van der Waals surface area contributed by atoms with Gasteiger partial charge in [-0.2, -0.15) is 0 Å². The minimum atomic E-state index is -0.448. The molecule has 1 aliphatic carbocycles. The van der Waals surface area contributed by atoms with Gasteiger partial charge in [0.1, 0.15) is 0 Å². The molecule has 0 bridgehead atoms. The maximum absolute atomic E-state index is 2.48. The number of hydrogen-bond acceptors (Lipinski definition) is 1. The number of nitrogens with zero attached hydrogens (tertiary/aromatic N) is 2. The summed E-state index contributed by atoms with van der Waals surface area (Å²) in [4.78, 5) is 2.39. The van der Waals surface area contributed by atoms with Gasteiger partial charge >= 0.3 is 0 Å². The van der Waals surface area contributed by atoms with Gasteiger partial charge in [0.2, 0.25) is 0 Å². The highest BCUT2D eigenvalue weighted by atomic mass is 15.1. The summed E-state index contributed by atoms with van der Waals surface area (Å²) in [6.07, 6.45) is 0. The van der Waals surface area contributed by atoms with Crippen LogP contribution in [0.5, 0.6) is 0 Å². The highest BCUT2D eigenvalue weighted by Gasteiger charge is 2.46. The summed E-state index contributed by atoms with van der Waals surface area (Å²) in [7, 11) is 0. The van der Waals surface area contributed by atoms with Gasteiger partial charge in [0, 0.05) is 33.4 Å². The summed E-state index contributed by atoms with van der Waals surface area (Å²) < 4.78 is 2.48. The zero-order valence-corrected chi connectivity index (χ0v) is 34.6. The van der Waals surface area contributed by atoms with Crippen molar-refractivity contribution in [1.82, 2.24) is 4.57 Å². The van der Waals surface area contributed by atoms with Crippen molar-refractivity contribution in [2.45, 2.75) is 5.41 Å². The van der Waals surface area contributed by atoms with Crippen LogP contribution in [0, 0.1) is 0 Å². The summed E-state index contributed by atoms with van der Waals surface area (Å²) in [6, 6.07) is 93.2. The molecule has 0 fully saturated rings. The van der Waals surface area contributed by atoms with E-state index in [1.165, 1.54) is 66.3 Å². The molecule has 2 heteroatoms. The van der Waals surface area contributed by atoms with Crippen LogP contribution in [0.3, 0.4) is 0 Å². The second-order valence-corrected chi connectivity index (χ2v) is 16.4. The molecule has 1 aromatic heterocycles. The van der Waals surface area contributed by atoms with Crippen LogP contribution in [0.25, 0.3) is 60.9 Å². The van der Waals surface area contributed by atoms with Gasteiger partial charge in [-0.15, -0.1) is 0 Å². The molecule has 296 valence electrons. The summed E-state index contributed by atoms with van der Waals surface area (Å²) in [5.41, 5.74) is 18.7. The Bertz CT molecular complexity index is 3400. The molecule has 10 aromatic carbocycles. The molecule has 0 saturated carbocycles. The number of fused-ring (bicyclic) bond motifs is 6. The first-order valence-electron chi connectivity index (χ1n) is 21.8. The Hall–Kier alpha value is -8.20. The van der Waals surface area contributed by atoms with E-state index >= 15 is 0 Å². The van der Waals surface area contributed by atoms with Crippen LogP contribution in [-0.4, -0.2) is 4.57 Å². The first kappa shape index (κ1) is 36.6. The zero-order valence-electron chi connectivity index (χ0n) is 34.6. The average Bonchev–Trinajstić information content (AvgIpc) is 3.85. The third-order valence-electron chi connectivity index (χ3n) is 13.1. The van der Waals surface area contributed by atoms with Crippen molar-refractivity contribution in [3.63, 3.8) is 0 Å². The fourth-order valence-corrected chi connectivity index (χ4v) is 10.4. The van der Waals surface area contributed by atoms with Crippen molar-refractivity contribution < 1.29 is 0 Å². The molecular weight excluding hydrogens is 761 g/mol. The monoisotopic (exact) mass is 802 g/mol. The summed E-state index contributed by atoms with van der Waals surface area (Å²) in [6.45, 7) is 0. The van der Waals surface area contributed by atoms with Gasteiger partial charge < -0.3 is 9.47 Å². The summed E-state index contributed by atoms with van der Waals surface area (Å²) >= 11 is 0. The third-order valence-corrected chi connectivity index (χ3v) is 13.1. The highest BCUT2D eigenvalue weighted by Crippen LogP contribution is 2.56. The molecule has 0 unspecified atom stereocenters. The predicted octanol–water partition coefficient (Wildman–Crippen LogP) is 16.0. The van der Waals surface area contributed by atoms with Crippen LogP contribution in [0.4, 0.5) is 17.1 Å².